The van der Waals surface area contributed by atoms with Gasteiger partial charge in [-0.3, -0.25) is 4.79 Å². The average Bonchev–Trinajstić information content (AvgIpc) is 2.45. The summed E-state index contributed by atoms with van der Waals surface area (Å²) in [4.78, 5) is 13.6. The van der Waals surface area contributed by atoms with Gasteiger partial charge in [0.15, 0.2) is 0 Å². The number of hydrogen-bond acceptors (Lipinski definition) is 3. The maximum atomic E-state index is 12.0. The van der Waals surface area contributed by atoms with Crippen LogP contribution in [0.3, 0.4) is 0 Å². The minimum absolute atomic E-state index is 0.00968. The Morgan fingerprint density at radius 1 is 1.35 bits per heavy atom. The van der Waals surface area contributed by atoms with Crippen molar-refractivity contribution in [3.05, 3.63) is 16.3 Å². The number of carbonyl (C=O) groups excluding carboxylic acids is 1. The fourth-order valence-corrected chi connectivity index (χ4v) is 3.23. The van der Waals surface area contributed by atoms with Crippen LogP contribution in [0.25, 0.3) is 0 Å². The average molecular weight is 271 g/mol. The van der Waals surface area contributed by atoms with Gasteiger partial charge in [0.25, 0.3) is 5.91 Å². The molecule has 1 aromatic rings. The Labute approximate surface area is 113 Å². The normalized spacial score (nSPS) is 12.6. The van der Waals surface area contributed by atoms with Crippen LogP contribution < -0.4 is 5.32 Å². The predicted molar refractivity (Wildman–Crippen MR) is 77.2 cm³/mol. The van der Waals surface area contributed by atoms with E-state index in [1.807, 2.05) is 5.38 Å². The first kappa shape index (κ1) is 14.6. The van der Waals surface area contributed by atoms with Gasteiger partial charge in [-0.2, -0.15) is 0 Å². The summed E-state index contributed by atoms with van der Waals surface area (Å²) in [6, 6.07) is 1.80. The third kappa shape index (κ3) is 5.13. The quantitative estimate of drug-likeness (QED) is 0.800. The Bertz CT molecular complexity index is 402. The molecule has 0 aliphatic carbocycles. The molecule has 2 nitrogen and oxygen atoms in total. The molecule has 0 spiro atoms. The molecule has 0 fully saturated rings. The highest BCUT2D eigenvalue weighted by atomic mass is 32.1. The molecule has 1 aromatic heterocycles. The molecule has 4 heteroatoms. The van der Waals surface area contributed by atoms with E-state index < -0.39 is 0 Å². The Balaban J connectivity index is 2.68. The zero-order valence-corrected chi connectivity index (χ0v) is 12.8. The molecular formula is C13H21NOS2. The van der Waals surface area contributed by atoms with Crippen LogP contribution in [-0.2, 0) is 0 Å². The van der Waals surface area contributed by atoms with E-state index in [2.05, 4.69) is 52.6 Å². The molecule has 17 heavy (non-hydrogen) atoms. The molecule has 0 bridgehead atoms. The molecule has 96 valence electrons. The van der Waals surface area contributed by atoms with Crippen molar-refractivity contribution in [2.24, 2.45) is 5.41 Å². The van der Waals surface area contributed by atoms with Gasteiger partial charge in [0.2, 0.25) is 0 Å². The smallest absolute Gasteiger partial charge is 0.261 e. The molecule has 0 aromatic carbocycles. The second-order valence-electron chi connectivity index (χ2n) is 6.24. The fourth-order valence-electron chi connectivity index (χ4n) is 2.18. The van der Waals surface area contributed by atoms with Gasteiger partial charge < -0.3 is 5.32 Å². The van der Waals surface area contributed by atoms with E-state index in [1.54, 1.807) is 6.07 Å². The zero-order valence-electron chi connectivity index (χ0n) is 11.1. The third-order valence-electron chi connectivity index (χ3n) is 2.23. The number of rotatable bonds is 3. The van der Waals surface area contributed by atoms with Crippen LogP contribution in [0, 0.1) is 5.41 Å². The first-order valence-corrected chi connectivity index (χ1v) is 7.02. The molecule has 0 aliphatic rings. The van der Waals surface area contributed by atoms with Crippen LogP contribution in [0.5, 0.6) is 0 Å². The van der Waals surface area contributed by atoms with Gasteiger partial charge in [-0.15, -0.1) is 24.0 Å². The maximum Gasteiger partial charge on any atom is 0.261 e. The summed E-state index contributed by atoms with van der Waals surface area (Å²) >= 11 is 5.64. The van der Waals surface area contributed by atoms with Crippen molar-refractivity contribution in [2.45, 2.75) is 51.5 Å². The van der Waals surface area contributed by atoms with E-state index in [9.17, 15) is 4.79 Å². The number of amides is 1. The summed E-state index contributed by atoms with van der Waals surface area (Å²) in [7, 11) is 0. The van der Waals surface area contributed by atoms with E-state index in [4.69, 9.17) is 0 Å². The van der Waals surface area contributed by atoms with Crippen molar-refractivity contribution in [2.75, 3.05) is 0 Å². The molecule has 0 saturated heterocycles. The molecule has 1 heterocycles. The molecule has 1 amide bonds. The van der Waals surface area contributed by atoms with Gasteiger partial charge in [0, 0.05) is 15.8 Å². The lowest BCUT2D eigenvalue weighted by Gasteiger charge is -2.33. The summed E-state index contributed by atoms with van der Waals surface area (Å²) in [5, 5.41) is 4.95. The number of thiol groups is 1. The summed E-state index contributed by atoms with van der Waals surface area (Å²) in [6.07, 6.45) is 0.935. The second kappa shape index (κ2) is 5.02. The Morgan fingerprint density at radius 3 is 2.35 bits per heavy atom. The first-order valence-electron chi connectivity index (χ1n) is 5.69. The Hall–Kier alpha value is -0.480. The summed E-state index contributed by atoms with van der Waals surface area (Å²) in [5.74, 6) is -0.00968. The van der Waals surface area contributed by atoms with Crippen LogP contribution in [0.1, 0.15) is 50.7 Å². The predicted octanol–water partition coefficient (Wildman–Crippen LogP) is 3.98. The molecule has 0 saturated carbocycles. The lowest BCUT2D eigenvalue weighted by atomic mass is 9.82. The summed E-state index contributed by atoms with van der Waals surface area (Å²) in [6.45, 7) is 10.7. The van der Waals surface area contributed by atoms with Gasteiger partial charge in [-0.25, -0.2) is 0 Å². The zero-order chi connectivity index (χ0) is 13.3. The van der Waals surface area contributed by atoms with Gasteiger partial charge in [0.05, 0.1) is 4.88 Å². The highest BCUT2D eigenvalue weighted by Crippen LogP contribution is 2.27. The van der Waals surface area contributed by atoms with Crippen LogP contribution in [0.4, 0.5) is 0 Å². The number of thiophene rings is 1. The Morgan fingerprint density at radius 2 is 1.94 bits per heavy atom. The number of hydrogen-bond donors (Lipinski definition) is 2. The second-order valence-corrected chi connectivity index (χ2v) is 7.67. The SMILES string of the molecule is CC(C)(C)CC(C)(C)NC(=O)c1cc(S)cs1. The van der Waals surface area contributed by atoms with Crippen LogP contribution in [0.2, 0.25) is 0 Å². The van der Waals surface area contributed by atoms with Crippen molar-refractivity contribution in [3.63, 3.8) is 0 Å². The highest BCUT2D eigenvalue weighted by molar-refractivity contribution is 7.80. The molecule has 0 aliphatic heterocycles. The van der Waals surface area contributed by atoms with Crippen molar-refractivity contribution < 1.29 is 4.79 Å². The van der Waals surface area contributed by atoms with E-state index in [-0.39, 0.29) is 16.9 Å². The summed E-state index contributed by atoms with van der Waals surface area (Å²) < 4.78 is 0. The molecule has 0 atom stereocenters. The first-order chi connectivity index (χ1) is 7.59. The minimum atomic E-state index is -0.198. The summed E-state index contributed by atoms with van der Waals surface area (Å²) in [5.41, 5.74) is -0.00295. The molecule has 0 radical (unpaired) electrons. The van der Waals surface area contributed by atoms with Gasteiger partial charge in [0.1, 0.15) is 0 Å². The van der Waals surface area contributed by atoms with E-state index >= 15 is 0 Å². The monoisotopic (exact) mass is 271 g/mol. The van der Waals surface area contributed by atoms with Gasteiger partial charge >= 0.3 is 0 Å². The van der Waals surface area contributed by atoms with Crippen molar-refractivity contribution >= 4 is 29.9 Å². The lowest BCUT2D eigenvalue weighted by molar-refractivity contribution is 0.0895. The van der Waals surface area contributed by atoms with Crippen LogP contribution >= 0.6 is 24.0 Å². The van der Waals surface area contributed by atoms with Crippen molar-refractivity contribution in [1.29, 1.82) is 0 Å². The highest BCUT2D eigenvalue weighted by Gasteiger charge is 2.27. The number of nitrogens with one attached hydrogen (secondary N) is 1. The lowest BCUT2D eigenvalue weighted by Crippen LogP contribution is -2.45. The molecule has 1 N–H and O–H groups in total. The van der Waals surface area contributed by atoms with E-state index in [0.29, 0.717) is 0 Å². The van der Waals surface area contributed by atoms with E-state index in [0.717, 1.165) is 16.2 Å². The fraction of sp³-hybridized carbons (Fsp3) is 0.615. The van der Waals surface area contributed by atoms with E-state index in [1.165, 1.54) is 11.3 Å². The largest absolute Gasteiger partial charge is 0.346 e. The van der Waals surface area contributed by atoms with Crippen LogP contribution in [-0.4, -0.2) is 11.4 Å². The molecule has 1 rings (SSSR count). The minimum Gasteiger partial charge on any atom is -0.346 e. The van der Waals surface area contributed by atoms with Crippen LogP contribution in [0.15, 0.2) is 16.3 Å². The maximum absolute atomic E-state index is 12.0. The molecular weight excluding hydrogens is 250 g/mol. The van der Waals surface area contributed by atoms with Gasteiger partial charge in [-0.1, -0.05) is 20.8 Å². The Kier molecular flexibility index (Phi) is 4.31. The van der Waals surface area contributed by atoms with Crippen molar-refractivity contribution in [3.8, 4) is 0 Å². The third-order valence-corrected chi connectivity index (χ3v) is 3.60. The number of carbonyl (C=O) groups is 1. The topological polar surface area (TPSA) is 29.1 Å². The van der Waals surface area contributed by atoms with Gasteiger partial charge in [-0.05, 0) is 31.7 Å². The van der Waals surface area contributed by atoms with Crippen molar-refractivity contribution in [1.82, 2.24) is 5.32 Å². The standard InChI is InChI=1S/C13H21NOS2/c1-12(2,3)8-13(4,5)14-11(15)10-6-9(16)7-17-10/h6-7,16H,8H2,1-5H3,(H,14,15). The molecule has 0 unspecified atom stereocenters.